The molecule has 0 radical (unpaired) electrons. The summed E-state index contributed by atoms with van der Waals surface area (Å²) in [4.78, 5) is 13.8. The summed E-state index contributed by atoms with van der Waals surface area (Å²) in [6.07, 6.45) is 0.657. The van der Waals surface area contributed by atoms with Gasteiger partial charge in [-0.15, -0.1) is 0 Å². The van der Waals surface area contributed by atoms with Gasteiger partial charge >= 0.3 is 0 Å². The van der Waals surface area contributed by atoms with Crippen molar-refractivity contribution in [1.82, 2.24) is 15.1 Å². The van der Waals surface area contributed by atoms with Crippen molar-refractivity contribution in [2.24, 2.45) is 0 Å². The number of amides is 1. The summed E-state index contributed by atoms with van der Waals surface area (Å²) in [5.74, 6) is 0.492. The summed E-state index contributed by atoms with van der Waals surface area (Å²) < 4.78 is 6.96. The van der Waals surface area contributed by atoms with E-state index in [4.69, 9.17) is 21.4 Å². The van der Waals surface area contributed by atoms with Crippen LogP contribution in [0.1, 0.15) is 27.7 Å². The average molecular weight is 508 g/mol. The number of nitrogens with one attached hydrogen (secondary N) is 1. The van der Waals surface area contributed by atoms with Crippen molar-refractivity contribution in [1.29, 1.82) is 0 Å². The van der Waals surface area contributed by atoms with Gasteiger partial charge in [-0.25, -0.2) is 4.68 Å². The van der Waals surface area contributed by atoms with Gasteiger partial charge in [0, 0.05) is 5.56 Å². The van der Waals surface area contributed by atoms with E-state index in [0.29, 0.717) is 22.8 Å². The molecule has 0 fully saturated rings. The normalized spacial score (nSPS) is 11.6. The van der Waals surface area contributed by atoms with E-state index in [1.54, 1.807) is 17.9 Å². The van der Waals surface area contributed by atoms with Crippen LogP contribution in [0.15, 0.2) is 115 Å². The zero-order valence-electron chi connectivity index (χ0n) is 20.3. The predicted octanol–water partition coefficient (Wildman–Crippen LogP) is 6.92. The molecule has 6 heteroatoms. The molecule has 5 nitrogen and oxygen atoms in total. The molecule has 1 aromatic heterocycles. The van der Waals surface area contributed by atoms with Gasteiger partial charge < -0.3 is 10.1 Å². The lowest BCUT2D eigenvalue weighted by molar-refractivity contribution is 0.0928. The molecule has 1 atom stereocenters. The van der Waals surface area contributed by atoms with Crippen molar-refractivity contribution in [3.8, 4) is 22.7 Å². The first kappa shape index (κ1) is 24.3. The molecule has 0 aliphatic carbocycles. The SMILES string of the molecule is COc1ccc(-n2nc(-c3ccccc3Cl)cc2C(=O)NC(Cc2ccccc2)c2ccccc2)cc1. The number of halogens is 1. The molecule has 1 unspecified atom stereocenters. The minimum atomic E-state index is -0.230. The molecule has 1 heterocycles. The lowest BCUT2D eigenvalue weighted by Gasteiger charge is -2.20. The first-order valence-corrected chi connectivity index (χ1v) is 12.4. The molecular formula is C31H26ClN3O2. The number of nitrogens with zero attached hydrogens (tertiary/aromatic N) is 2. The Morgan fingerprint density at radius 3 is 2.22 bits per heavy atom. The van der Waals surface area contributed by atoms with Crippen LogP contribution in [0.4, 0.5) is 0 Å². The summed E-state index contributed by atoms with van der Waals surface area (Å²) in [6.45, 7) is 0. The fourth-order valence-electron chi connectivity index (χ4n) is 4.28. The maximum Gasteiger partial charge on any atom is 0.270 e. The molecular weight excluding hydrogens is 482 g/mol. The number of ether oxygens (including phenoxy) is 1. The highest BCUT2D eigenvalue weighted by molar-refractivity contribution is 6.33. The molecule has 0 saturated heterocycles. The van der Waals surface area contributed by atoms with Crippen LogP contribution < -0.4 is 10.1 Å². The van der Waals surface area contributed by atoms with Crippen molar-refractivity contribution in [3.63, 3.8) is 0 Å². The van der Waals surface area contributed by atoms with Crippen LogP contribution in [0.5, 0.6) is 5.75 Å². The number of carbonyl (C=O) groups is 1. The molecule has 4 aromatic carbocycles. The van der Waals surface area contributed by atoms with Gasteiger partial charge in [-0.2, -0.15) is 5.10 Å². The van der Waals surface area contributed by atoms with Crippen molar-refractivity contribution in [2.45, 2.75) is 12.5 Å². The number of aromatic nitrogens is 2. The van der Waals surface area contributed by atoms with Crippen molar-refractivity contribution < 1.29 is 9.53 Å². The van der Waals surface area contributed by atoms with Gasteiger partial charge in [0.05, 0.1) is 29.6 Å². The third kappa shape index (κ3) is 5.57. The zero-order chi connectivity index (χ0) is 25.6. The average Bonchev–Trinajstić information content (AvgIpc) is 3.39. The van der Waals surface area contributed by atoms with Crippen LogP contribution in [0.25, 0.3) is 16.9 Å². The Balaban J connectivity index is 1.54. The molecule has 0 saturated carbocycles. The number of carbonyl (C=O) groups excluding carboxylic acids is 1. The smallest absolute Gasteiger partial charge is 0.270 e. The molecule has 37 heavy (non-hydrogen) atoms. The standard InChI is InChI=1S/C31H26ClN3O2/c1-37-25-18-16-24(17-19-25)35-30(21-29(34-35)26-14-8-9-15-27(26)32)31(36)33-28(23-12-6-3-7-13-23)20-22-10-4-2-5-11-22/h2-19,21,28H,20H2,1H3,(H,33,36). The zero-order valence-corrected chi connectivity index (χ0v) is 21.1. The second kappa shape index (κ2) is 11.1. The van der Waals surface area contributed by atoms with Crippen LogP contribution >= 0.6 is 11.6 Å². The number of methoxy groups -OCH3 is 1. The van der Waals surface area contributed by atoms with E-state index >= 15 is 0 Å². The van der Waals surface area contributed by atoms with Crippen LogP contribution in [-0.4, -0.2) is 22.8 Å². The van der Waals surface area contributed by atoms with E-state index in [1.807, 2.05) is 97.1 Å². The van der Waals surface area contributed by atoms with Crippen LogP contribution in [0.3, 0.4) is 0 Å². The number of hydrogen-bond donors (Lipinski definition) is 1. The molecule has 0 bridgehead atoms. The highest BCUT2D eigenvalue weighted by Crippen LogP contribution is 2.29. The van der Waals surface area contributed by atoms with E-state index < -0.39 is 0 Å². The highest BCUT2D eigenvalue weighted by Gasteiger charge is 2.22. The van der Waals surface area contributed by atoms with E-state index in [-0.39, 0.29) is 11.9 Å². The van der Waals surface area contributed by atoms with Gasteiger partial charge in [0.25, 0.3) is 5.91 Å². The summed E-state index contributed by atoms with van der Waals surface area (Å²) in [7, 11) is 1.62. The molecule has 184 valence electrons. The molecule has 5 rings (SSSR count). The van der Waals surface area contributed by atoms with Gasteiger partial charge in [0.1, 0.15) is 11.4 Å². The second-order valence-corrected chi connectivity index (χ2v) is 9.04. The summed E-state index contributed by atoms with van der Waals surface area (Å²) in [6, 6.07) is 36.6. The molecule has 0 aliphatic heterocycles. The number of hydrogen-bond acceptors (Lipinski definition) is 3. The summed E-state index contributed by atoms with van der Waals surface area (Å²) in [5, 5.41) is 8.60. The minimum Gasteiger partial charge on any atom is -0.497 e. The maximum atomic E-state index is 13.8. The van der Waals surface area contributed by atoms with Crippen molar-refractivity contribution >= 4 is 17.5 Å². The Bertz CT molecular complexity index is 1480. The largest absolute Gasteiger partial charge is 0.497 e. The second-order valence-electron chi connectivity index (χ2n) is 8.63. The lowest BCUT2D eigenvalue weighted by Crippen LogP contribution is -2.31. The first-order chi connectivity index (χ1) is 18.1. The Labute approximate surface area is 221 Å². The van der Waals surface area contributed by atoms with Crippen LogP contribution in [-0.2, 0) is 6.42 Å². The summed E-state index contributed by atoms with van der Waals surface area (Å²) >= 11 is 6.47. The van der Waals surface area contributed by atoms with Crippen molar-refractivity contribution in [2.75, 3.05) is 7.11 Å². The van der Waals surface area contributed by atoms with Gasteiger partial charge in [0.2, 0.25) is 0 Å². The highest BCUT2D eigenvalue weighted by atomic mass is 35.5. The topological polar surface area (TPSA) is 56.2 Å². The molecule has 1 N–H and O–H groups in total. The van der Waals surface area contributed by atoms with E-state index in [1.165, 1.54) is 0 Å². The Morgan fingerprint density at radius 1 is 0.892 bits per heavy atom. The van der Waals surface area contributed by atoms with Gasteiger partial charge in [-0.3, -0.25) is 4.79 Å². The fourth-order valence-corrected chi connectivity index (χ4v) is 4.52. The third-order valence-electron chi connectivity index (χ3n) is 6.20. The fraction of sp³-hybridized carbons (Fsp3) is 0.0968. The Morgan fingerprint density at radius 2 is 1.54 bits per heavy atom. The molecule has 0 aliphatic rings. The number of rotatable bonds is 8. The van der Waals surface area contributed by atoms with Gasteiger partial charge in [0.15, 0.2) is 0 Å². The monoisotopic (exact) mass is 507 g/mol. The quantitative estimate of drug-likeness (QED) is 0.248. The van der Waals surface area contributed by atoms with E-state index in [2.05, 4.69) is 17.4 Å². The molecule has 1 amide bonds. The van der Waals surface area contributed by atoms with Crippen molar-refractivity contribution in [3.05, 3.63) is 137 Å². The first-order valence-electron chi connectivity index (χ1n) is 12.0. The summed E-state index contributed by atoms with van der Waals surface area (Å²) in [5.41, 5.74) is 4.69. The van der Waals surface area contributed by atoms with E-state index in [9.17, 15) is 4.79 Å². The molecule has 0 spiro atoms. The Hall–Kier alpha value is -4.35. The maximum absolute atomic E-state index is 13.8. The predicted molar refractivity (Wildman–Crippen MR) is 147 cm³/mol. The third-order valence-corrected chi connectivity index (χ3v) is 6.53. The number of benzene rings is 4. The van der Waals surface area contributed by atoms with Gasteiger partial charge in [-0.05, 0) is 53.9 Å². The molecule has 5 aromatic rings. The van der Waals surface area contributed by atoms with Crippen LogP contribution in [0.2, 0.25) is 5.02 Å². The Kier molecular flexibility index (Phi) is 7.33. The van der Waals surface area contributed by atoms with E-state index in [0.717, 1.165) is 28.1 Å². The van der Waals surface area contributed by atoms with Crippen LogP contribution in [0, 0.1) is 0 Å². The lowest BCUT2D eigenvalue weighted by atomic mass is 9.98. The van der Waals surface area contributed by atoms with Gasteiger partial charge in [-0.1, -0.05) is 90.5 Å². The minimum absolute atomic E-state index is 0.223.